The van der Waals surface area contributed by atoms with Crippen molar-refractivity contribution in [2.75, 3.05) is 73.8 Å². The van der Waals surface area contributed by atoms with E-state index >= 15 is 0 Å². The first-order chi connectivity index (χ1) is 44.9. The van der Waals surface area contributed by atoms with E-state index in [1.165, 1.54) is 250 Å². The molecule has 0 unspecified atom stereocenters. The summed E-state index contributed by atoms with van der Waals surface area (Å²) in [5.74, 6) is 4.19. The van der Waals surface area contributed by atoms with Crippen LogP contribution in [0.4, 0.5) is 17.8 Å². The molecule has 0 aromatic carbocycles. The second-order valence-electron chi connectivity index (χ2n) is 26.0. The fourth-order valence-corrected chi connectivity index (χ4v) is 12.0. The Morgan fingerprint density at radius 2 is 0.685 bits per heavy atom. The zero-order chi connectivity index (χ0) is 66.1. The van der Waals surface area contributed by atoms with Gasteiger partial charge in [0, 0.05) is 56.7 Å². The Morgan fingerprint density at radius 3 is 1.03 bits per heavy atom. The SMILES string of the molecule is CCCCCCCCCCCCCCCOc1cc(C)nc(N2CCC2)n1.CCCCCCCCCCCCCCCOc1nc(N2CCC2)nc(C)c1Br.CCCCCCCCCCCCCCCOc1nc(N2CCC2)nc(C)c1O.Cc1cc(Cl)nc(Cl)n1. The predicted octanol–water partition coefficient (Wildman–Crippen LogP) is 22.0. The summed E-state index contributed by atoms with van der Waals surface area (Å²) in [7, 11) is 0. The lowest BCUT2D eigenvalue weighted by atomic mass is 10.0. The minimum Gasteiger partial charge on any atom is -0.502 e. The van der Waals surface area contributed by atoms with Crippen LogP contribution in [-0.4, -0.2) is 104 Å². The van der Waals surface area contributed by atoms with Gasteiger partial charge < -0.3 is 34.0 Å². The molecule has 0 aliphatic carbocycles. The van der Waals surface area contributed by atoms with Gasteiger partial charge in [-0.3, -0.25) is 0 Å². The van der Waals surface area contributed by atoms with Gasteiger partial charge in [0.2, 0.25) is 34.9 Å². The molecule has 3 aliphatic rings. The minimum absolute atomic E-state index is 0.0824. The number of nitrogens with zero attached hydrogens (tertiary/aromatic N) is 11. The second-order valence-corrected chi connectivity index (χ2v) is 27.6. The molecule has 0 saturated carbocycles. The smallest absolute Gasteiger partial charge is 0.262 e. The standard InChI is InChI=1S/C23H40BrN3O.C23H41N3O2.C23H41N3O.C5H4Cl2N2/c1-3-4-5-6-7-8-9-10-11-12-13-14-15-19-28-22-21(24)20(2)25-23(26-22)27-17-16-18-27;1-3-4-5-6-7-8-9-10-11-12-13-14-15-19-28-22-21(27)20(2)24-23(25-22)26-17-16-18-26;1-3-4-5-6-7-8-9-10-11-12-13-14-15-19-27-22-20-21(2)24-23(25-22)26-17-16-18-26;1-3-2-4(6)9-5(7)8-3/h3-19H2,1-2H3;27H,3-19H2,1-2H3;20H,3-19H2,1-2H3;2H,1H3. The molecule has 522 valence electrons. The number of hydrogen-bond donors (Lipinski definition) is 1. The van der Waals surface area contributed by atoms with Crippen LogP contribution in [0.3, 0.4) is 0 Å². The number of aromatic hydroxyl groups is 1. The first-order valence-corrected chi connectivity index (χ1v) is 38.7. The summed E-state index contributed by atoms with van der Waals surface area (Å²) >= 11 is 14.5. The molecular weight excluding hydrogens is 1260 g/mol. The molecule has 3 fully saturated rings. The zero-order valence-electron chi connectivity index (χ0n) is 58.9. The molecule has 0 amide bonds. The molecule has 0 atom stereocenters. The van der Waals surface area contributed by atoms with Gasteiger partial charge in [-0.1, -0.05) is 264 Å². The summed E-state index contributed by atoms with van der Waals surface area (Å²) in [4.78, 5) is 41.0. The van der Waals surface area contributed by atoms with Gasteiger partial charge in [0.1, 0.15) is 9.63 Å². The fraction of sp³-hybridized carbons (Fsp3) is 0.784. The van der Waals surface area contributed by atoms with Crippen LogP contribution in [0, 0.1) is 27.7 Å². The predicted molar refractivity (Wildman–Crippen MR) is 391 cm³/mol. The van der Waals surface area contributed by atoms with E-state index in [9.17, 15) is 5.11 Å². The van der Waals surface area contributed by atoms with Crippen LogP contribution in [0.15, 0.2) is 16.6 Å². The highest BCUT2D eigenvalue weighted by Crippen LogP contribution is 2.32. The maximum Gasteiger partial charge on any atom is 0.262 e. The van der Waals surface area contributed by atoms with Crippen LogP contribution < -0.4 is 28.9 Å². The Bertz CT molecular complexity index is 2340. The molecule has 92 heavy (non-hydrogen) atoms. The summed E-state index contributed by atoms with van der Waals surface area (Å²) < 4.78 is 18.5. The molecule has 4 aromatic heterocycles. The lowest BCUT2D eigenvalue weighted by Crippen LogP contribution is -2.38. The highest BCUT2D eigenvalue weighted by molar-refractivity contribution is 9.10. The molecule has 3 aliphatic heterocycles. The number of hydrogen-bond acceptors (Lipinski definition) is 15. The number of rotatable bonds is 48. The number of unbranched alkanes of at least 4 members (excludes halogenated alkanes) is 36. The van der Waals surface area contributed by atoms with E-state index in [0.29, 0.717) is 35.2 Å². The van der Waals surface area contributed by atoms with E-state index in [2.05, 4.69) is 91.3 Å². The molecule has 7 rings (SSSR count). The maximum absolute atomic E-state index is 10.1. The Labute approximate surface area is 577 Å². The first-order valence-electron chi connectivity index (χ1n) is 37.2. The Balaban J connectivity index is 0.000000275. The van der Waals surface area contributed by atoms with Crippen LogP contribution in [0.2, 0.25) is 10.4 Å². The minimum atomic E-state index is 0.0824. The Kier molecular flexibility index (Phi) is 45.6. The van der Waals surface area contributed by atoms with Crippen molar-refractivity contribution in [2.45, 2.75) is 318 Å². The summed E-state index contributed by atoms with van der Waals surface area (Å²) in [6.45, 7) is 22.8. The molecule has 0 spiro atoms. The monoisotopic (exact) mass is 1380 g/mol. The summed E-state index contributed by atoms with van der Waals surface area (Å²) in [5, 5.41) is 10.7. The highest BCUT2D eigenvalue weighted by atomic mass is 79.9. The third kappa shape index (κ3) is 36.8. The van der Waals surface area contributed by atoms with E-state index in [1.807, 2.05) is 19.9 Å². The van der Waals surface area contributed by atoms with Crippen molar-refractivity contribution in [3.05, 3.63) is 49.8 Å². The van der Waals surface area contributed by atoms with E-state index in [-0.39, 0.29) is 11.0 Å². The van der Waals surface area contributed by atoms with Crippen LogP contribution in [-0.2, 0) is 0 Å². The van der Waals surface area contributed by atoms with Gasteiger partial charge in [0.25, 0.3) is 5.88 Å². The third-order valence-corrected chi connectivity index (χ3v) is 18.8. The Morgan fingerprint density at radius 1 is 0.370 bits per heavy atom. The van der Waals surface area contributed by atoms with Crippen LogP contribution in [0.25, 0.3) is 0 Å². The number of ether oxygens (including phenoxy) is 3. The molecule has 1 N–H and O–H groups in total. The van der Waals surface area contributed by atoms with Gasteiger partial charge >= 0.3 is 0 Å². The molecule has 0 radical (unpaired) electrons. The van der Waals surface area contributed by atoms with Crippen molar-refractivity contribution in [1.29, 1.82) is 0 Å². The normalized spacial score (nSPS) is 13.2. The highest BCUT2D eigenvalue weighted by Gasteiger charge is 2.23. The van der Waals surface area contributed by atoms with E-state index in [0.717, 1.165) is 111 Å². The number of aryl methyl sites for hydroxylation is 4. The molecule has 0 bridgehead atoms. The quantitative estimate of drug-likeness (QED) is 0.0252. The molecule has 15 nitrogen and oxygen atoms in total. The van der Waals surface area contributed by atoms with Crippen molar-refractivity contribution in [3.8, 4) is 23.4 Å². The van der Waals surface area contributed by atoms with E-state index in [4.69, 9.17) is 37.4 Å². The van der Waals surface area contributed by atoms with E-state index in [1.54, 1.807) is 19.9 Å². The summed E-state index contributed by atoms with van der Waals surface area (Å²) in [6, 6.07) is 3.60. The number of halogens is 3. The molecule has 18 heteroatoms. The molecular formula is C74H126BrCl2N11O4. The van der Waals surface area contributed by atoms with Crippen LogP contribution in [0.1, 0.15) is 313 Å². The summed E-state index contributed by atoms with van der Waals surface area (Å²) in [5.41, 5.74) is 3.32. The summed E-state index contributed by atoms with van der Waals surface area (Å²) in [6.07, 6.45) is 56.7. The molecule has 4 aromatic rings. The van der Waals surface area contributed by atoms with Crippen molar-refractivity contribution < 1.29 is 19.3 Å². The van der Waals surface area contributed by atoms with Gasteiger partial charge in [-0.05, 0) is 99.8 Å². The van der Waals surface area contributed by atoms with Crippen LogP contribution >= 0.6 is 39.1 Å². The van der Waals surface area contributed by atoms with Gasteiger partial charge in [-0.2, -0.15) is 15.0 Å². The lowest BCUT2D eigenvalue weighted by molar-refractivity contribution is 0.275. The third-order valence-electron chi connectivity index (χ3n) is 17.5. The zero-order valence-corrected chi connectivity index (χ0v) is 62.0. The maximum atomic E-state index is 10.1. The van der Waals surface area contributed by atoms with Crippen molar-refractivity contribution >= 4 is 57.0 Å². The molecule has 7 heterocycles. The molecule has 3 saturated heterocycles. The average Bonchev–Trinajstić information content (AvgIpc) is 0.900. The van der Waals surface area contributed by atoms with E-state index < -0.39 is 0 Å². The van der Waals surface area contributed by atoms with Crippen LogP contribution in [0.5, 0.6) is 23.4 Å². The van der Waals surface area contributed by atoms with Gasteiger partial charge in [-0.15, -0.1) is 0 Å². The van der Waals surface area contributed by atoms with Gasteiger partial charge in [-0.25, -0.2) is 24.9 Å². The first kappa shape index (κ1) is 80.4. The lowest BCUT2D eigenvalue weighted by Gasteiger charge is -2.31. The largest absolute Gasteiger partial charge is 0.502 e. The fourth-order valence-electron chi connectivity index (χ4n) is 11.2. The van der Waals surface area contributed by atoms with Gasteiger partial charge in [0.15, 0.2) is 5.75 Å². The Hall–Kier alpha value is -4.02. The van der Waals surface area contributed by atoms with Crippen molar-refractivity contribution in [2.24, 2.45) is 0 Å². The van der Waals surface area contributed by atoms with Crippen molar-refractivity contribution in [3.63, 3.8) is 0 Å². The van der Waals surface area contributed by atoms with Crippen molar-refractivity contribution in [1.82, 2.24) is 39.9 Å². The van der Waals surface area contributed by atoms with Gasteiger partial charge in [0.05, 0.1) is 31.2 Å². The number of anilines is 3. The average molecular weight is 1380 g/mol. The topological polar surface area (TPSA) is 161 Å². The second kappa shape index (κ2) is 52.2. The number of aromatic nitrogens is 8.